The summed E-state index contributed by atoms with van der Waals surface area (Å²) in [6.07, 6.45) is 6.45. The molecular formula is C24H44O5SSi2. The molecule has 0 heterocycles. The molecule has 0 aliphatic heterocycles. The molecule has 0 aromatic carbocycles. The van der Waals surface area contributed by atoms with E-state index in [2.05, 4.69) is 73.8 Å². The monoisotopic (exact) mass is 500 g/mol. The summed E-state index contributed by atoms with van der Waals surface area (Å²) in [4.78, 5) is 27.5. The summed E-state index contributed by atoms with van der Waals surface area (Å²) in [5.74, 6) is -0.753. The van der Waals surface area contributed by atoms with Crippen LogP contribution in [-0.4, -0.2) is 58.7 Å². The fraction of sp³-hybridized carbons (Fsp3) is 0.833. The highest BCUT2D eigenvalue weighted by Gasteiger charge is 2.69. The minimum absolute atomic E-state index is 0.0473. The van der Waals surface area contributed by atoms with Gasteiger partial charge in [0, 0.05) is 11.7 Å². The molecule has 5 nitrogen and oxygen atoms in total. The van der Waals surface area contributed by atoms with Crippen LogP contribution in [0, 0.1) is 11.8 Å². The Balaban J connectivity index is 2.70. The van der Waals surface area contributed by atoms with Crippen LogP contribution in [0.5, 0.6) is 0 Å². The number of ketones is 1. The average Bonchev–Trinajstić information content (AvgIpc) is 2.63. The summed E-state index contributed by atoms with van der Waals surface area (Å²) in [6, 6.07) is 0. The number of esters is 1. The van der Waals surface area contributed by atoms with E-state index in [0.717, 1.165) is 0 Å². The van der Waals surface area contributed by atoms with Crippen LogP contribution in [0.3, 0.4) is 0 Å². The molecule has 0 aromatic rings. The predicted molar refractivity (Wildman–Crippen MR) is 138 cm³/mol. The fourth-order valence-corrected chi connectivity index (χ4v) is 8.17. The number of carbonyl (C=O) groups is 2. The summed E-state index contributed by atoms with van der Waals surface area (Å²) in [6.45, 7) is 21.6. The first-order valence-corrected chi connectivity index (χ1v) is 18.7. The molecule has 2 bridgehead atoms. The molecule has 3 aliphatic rings. The number of fused-ring (bicyclic) bond motifs is 2. The van der Waals surface area contributed by atoms with Crippen molar-refractivity contribution in [2.24, 2.45) is 11.8 Å². The largest absolute Gasteiger partial charge is 0.469 e. The third-order valence-electron chi connectivity index (χ3n) is 8.24. The minimum atomic E-state index is -2.41. The van der Waals surface area contributed by atoms with Gasteiger partial charge in [0.25, 0.3) is 0 Å². The van der Waals surface area contributed by atoms with Crippen LogP contribution in [0.4, 0.5) is 0 Å². The zero-order valence-corrected chi connectivity index (χ0v) is 25.0. The number of hydrogen-bond donors (Lipinski definition) is 0. The number of hydrogen-bond acceptors (Lipinski definition) is 6. The molecule has 0 unspecified atom stereocenters. The van der Waals surface area contributed by atoms with Gasteiger partial charge in [-0.2, -0.15) is 11.8 Å². The topological polar surface area (TPSA) is 61.8 Å². The van der Waals surface area contributed by atoms with E-state index in [1.807, 2.05) is 12.3 Å². The Morgan fingerprint density at radius 3 is 2.00 bits per heavy atom. The number of Topliss-reactive ketones (excluding diaryl/α,β-unsaturated/α-hetero) is 1. The molecule has 0 radical (unpaired) electrons. The van der Waals surface area contributed by atoms with E-state index in [4.69, 9.17) is 13.6 Å². The van der Waals surface area contributed by atoms with Crippen molar-refractivity contribution in [3.63, 3.8) is 0 Å². The zero-order valence-electron chi connectivity index (χ0n) is 22.2. The zero-order chi connectivity index (χ0) is 25.0. The molecule has 8 heteroatoms. The van der Waals surface area contributed by atoms with Crippen molar-refractivity contribution in [1.82, 2.24) is 0 Å². The van der Waals surface area contributed by atoms with E-state index in [1.54, 1.807) is 11.8 Å². The van der Waals surface area contributed by atoms with Gasteiger partial charge >= 0.3 is 5.97 Å². The van der Waals surface area contributed by atoms with Crippen molar-refractivity contribution in [1.29, 1.82) is 0 Å². The van der Waals surface area contributed by atoms with Crippen molar-refractivity contribution >= 4 is 40.1 Å². The molecule has 0 saturated heterocycles. The van der Waals surface area contributed by atoms with Crippen LogP contribution in [0.15, 0.2) is 12.2 Å². The van der Waals surface area contributed by atoms with Gasteiger partial charge in [0.2, 0.25) is 0 Å². The van der Waals surface area contributed by atoms with Gasteiger partial charge in [-0.25, -0.2) is 0 Å². The maximum absolute atomic E-state index is 14.6. The Labute approximate surface area is 201 Å². The van der Waals surface area contributed by atoms with E-state index in [9.17, 15) is 9.59 Å². The van der Waals surface area contributed by atoms with Crippen LogP contribution < -0.4 is 0 Å². The number of carbonyl (C=O) groups excluding carboxylic acids is 2. The standard InChI is InChI=1S/C24H44O5SSi2/c1-21(2,3)31(9,10)28-23-14-13-17(15-18(23)19(25)27-7)24(16-30-8,20(23)26)29-32(11,12)22(4,5)6/h13-14,17-18H,15-16H2,1-12H3/t17-,18-,23-,24+/m1/s1. The normalized spacial score (nSPS) is 31.2. The fourth-order valence-electron chi connectivity index (χ4n) is 4.25. The van der Waals surface area contributed by atoms with Crippen molar-refractivity contribution in [3.8, 4) is 0 Å². The van der Waals surface area contributed by atoms with Gasteiger partial charge < -0.3 is 13.6 Å². The summed E-state index contributed by atoms with van der Waals surface area (Å²) in [5, 5.41) is -0.165. The van der Waals surface area contributed by atoms with E-state index >= 15 is 0 Å². The molecule has 1 saturated carbocycles. The highest BCUT2D eigenvalue weighted by molar-refractivity contribution is 7.98. The van der Waals surface area contributed by atoms with Crippen LogP contribution in [-0.2, 0) is 23.2 Å². The molecule has 3 aliphatic carbocycles. The van der Waals surface area contributed by atoms with Crippen molar-refractivity contribution < 1.29 is 23.2 Å². The summed E-state index contributed by atoms with van der Waals surface area (Å²) in [7, 11) is -3.32. The SMILES string of the molecule is COC(=O)[C@H]1C[C@H]2C=C[C@]1(O[Si](C)(C)C(C)(C)C)C(=O)[C@@]2(CSC)O[Si](C)(C)C(C)(C)C. The molecule has 184 valence electrons. The van der Waals surface area contributed by atoms with Crippen LogP contribution in [0.25, 0.3) is 0 Å². The van der Waals surface area contributed by atoms with E-state index in [0.29, 0.717) is 12.2 Å². The molecule has 0 N–H and O–H groups in total. The quantitative estimate of drug-likeness (QED) is 0.249. The average molecular weight is 501 g/mol. The summed E-state index contributed by atoms with van der Waals surface area (Å²) in [5.41, 5.74) is -2.34. The molecule has 0 aromatic heterocycles. The first-order valence-electron chi connectivity index (χ1n) is 11.5. The summed E-state index contributed by atoms with van der Waals surface area (Å²) >= 11 is 1.62. The maximum Gasteiger partial charge on any atom is 0.312 e. The predicted octanol–water partition coefficient (Wildman–Crippen LogP) is 5.82. The Kier molecular flexibility index (Phi) is 7.53. The lowest BCUT2D eigenvalue weighted by atomic mass is 9.58. The van der Waals surface area contributed by atoms with Gasteiger partial charge in [-0.15, -0.1) is 0 Å². The minimum Gasteiger partial charge on any atom is -0.469 e. The molecule has 0 amide bonds. The van der Waals surface area contributed by atoms with E-state index in [1.165, 1.54) is 7.11 Å². The Morgan fingerprint density at radius 1 is 1.06 bits per heavy atom. The van der Waals surface area contributed by atoms with E-state index < -0.39 is 33.8 Å². The highest BCUT2D eigenvalue weighted by atomic mass is 32.2. The number of rotatable bonds is 7. The first kappa shape index (κ1) is 27.8. The lowest BCUT2D eigenvalue weighted by molar-refractivity contribution is -0.179. The molecule has 3 rings (SSSR count). The second-order valence-corrected chi connectivity index (χ2v) is 22.8. The lowest BCUT2D eigenvalue weighted by Gasteiger charge is -2.59. The molecule has 4 atom stereocenters. The number of thioether (sulfide) groups is 1. The lowest BCUT2D eigenvalue weighted by Crippen LogP contribution is -2.74. The molecule has 1 fully saturated rings. The molecular weight excluding hydrogens is 456 g/mol. The van der Waals surface area contributed by atoms with Gasteiger partial charge in [0.05, 0.1) is 13.0 Å². The van der Waals surface area contributed by atoms with Gasteiger partial charge in [-0.3, -0.25) is 9.59 Å². The highest BCUT2D eigenvalue weighted by Crippen LogP contribution is 2.55. The van der Waals surface area contributed by atoms with Crippen LogP contribution in [0.1, 0.15) is 48.0 Å². The van der Waals surface area contributed by atoms with Gasteiger partial charge in [-0.05, 0) is 55.0 Å². The van der Waals surface area contributed by atoms with Gasteiger partial charge in [-0.1, -0.05) is 47.6 Å². The summed E-state index contributed by atoms with van der Waals surface area (Å²) < 4.78 is 19.1. The second-order valence-electron chi connectivity index (χ2n) is 12.4. The Bertz CT molecular complexity index is 780. The molecule has 32 heavy (non-hydrogen) atoms. The number of ether oxygens (including phenoxy) is 1. The van der Waals surface area contributed by atoms with Crippen LogP contribution >= 0.6 is 11.8 Å². The van der Waals surface area contributed by atoms with Gasteiger partial charge in [0.15, 0.2) is 22.4 Å². The van der Waals surface area contributed by atoms with E-state index in [-0.39, 0.29) is 27.7 Å². The Hall–Kier alpha value is -0.416. The maximum atomic E-state index is 14.6. The van der Waals surface area contributed by atoms with Crippen LogP contribution in [0.2, 0.25) is 36.3 Å². The smallest absolute Gasteiger partial charge is 0.312 e. The first-order chi connectivity index (χ1) is 14.3. The third kappa shape index (κ3) is 4.46. The van der Waals surface area contributed by atoms with Crippen molar-refractivity contribution in [2.75, 3.05) is 19.1 Å². The molecule has 0 spiro atoms. The van der Waals surface area contributed by atoms with Gasteiger partial charge in [0.1, 0.15) is 11.2 Å². The van der Waals surface area contributed by atoms with Crippen molar-refractivity contribution in [2.45, 2.75) is 95.4 Å². The third-order valence-corrected chi connectivity index (χ3v) is 17.9. The van der Waals surface area contributed by atoms with Crippen molar-refractivity contribution in [3.05, 3.63) is 12.2 Å². The Morgan fingerprint density at radius 2 is 1.56 bits per heavy atom. The second kappa shape index (κ2) is 8.66. The number of methoxy groups -OCH3 is 1.